The van der Waals surface area contributed by atoms with E-state index in [9.17, 15) is 4.79 Å². The van der Waals surface area contributed by atoms with Gasteiger partial charge in [-0.05, 0) is 12.8 Å². The number of H-pyrrole nitrogens is 1. The number of aromatic amines is 1. The summed E-state index contributed by atoms with van der Waals surface area (Å²) in [5, 5.41) is 0. The predicted octanol–water partition coefficient (Wildman–Crippen LogP) is 2.59. The minimum Gasteiger partial charge on any atom is -0.356 e. The van der Waals surface area contributed by atoms with Crippen LogP contribution in [0, 0.1) is 5.92 Å². The first-order valence-electron chi connectivity index (χ1n) is 6.99. The van der Waals surface area contributed by atoms with E-state index in [1.807, 2.05) is 6.92 Å². The molecule has 0 amide bonds. The molecule has 0 unspecified atom stereocenters. The number of anilines is 1. The molecule has 0 aliphatic carbocycles. The molecular weight excluding hydrogens is 226 g/mol. The monoisotopic (exact) mass is 251 g/mol. The fourth-order valence-electron chi connectivity index (χ4n) is 2.07. The minimum atomic E-state index is -0.0557. The van der Waals surface area contributed by atoms with E-state index in [0.29, 0.717) is 5.92 Å². The maximum absolute atomic E-state index is 11.6. The fourth-order valence-corrected chi connectivity index (χ4v) is 2.07. The lowest BCUT2D eigenvalue weighted by Crippen LogP contribution is -2.31. The molecule has 1 aromatic rings. The van der Waals surface area contributed by atoms with Crippen molar-refractivity contribution in [3.8, 4) is 0 Å². The van der Waals surface area contributed by atoms with Crippen LogP contribution < -0.4 is 10.5 Å². The summed E-state index contributed by atoms with van der Waals surface area (Å²) in [4.78, 5) is 21.1. The first kappa shape index (κ1) is 14.7. The molecule has 0 bridgehead atoms. The van der Waals surface area contributed by atoms with Crippen molar-refractivity contribution in [1.82, 2.24) is 9.97 Å². The Morgan fingerprint density at radius 3 is 2.44 bits per heavy atom. The lowest BCUT2D eigenvalue weighted by molar-refractivity contribution is 0.484. The molecule has 1 aromatic heterocycles. The molecule has 18 heavy (non-hydrogen) atoms. The van der Waals surface area contributed by atoms with Crippen molar-refractivity contribution in [2.24, 2.45) is 5.92 Å². The molecule has 0 spiro atoms. The van der Waals surface area contributed by atoms with Gasteiger partial charge < -0.3 is 9.88 Å². The van der Waals surface area contributed by atoms with Crippen LogP contribution in [0.5, 0.6) is 0 Å². The fraction of sp³-hybridized carbons (Fsp3) is 0.714. The number of hydrogen-bond acceptors (Lipinski definition) is 3. The predicted molar refractivity (Wildman–Crippen MR) is 76.2 cm³/mol. The second kappa shape index (κ2) is 7.19. The van der Waals surface area contributed by atoms with Crippen molar-refractivity contribution in [2.75, 3.05) is 18.0 Å². The Bertz CT molecular complexity index is 410. The van der Waals surface area contributed by atoms with Crippen molar-refractivity contribution < 1.29 is 0 Å². The highest BCUT2D eigenvalue weighted by Gasteiger charge is 2.12. The van der Waals surface area contributed by atoms with Crippen molar-refractivity contribution in [3.05, 3.63) is 22.2 Å². The molecule has 4 nitrogen and oxygen atoms in total. The molecule has 0 aliphatic rings. The standard InChI is InChI=1S/C14H25N3O/c1-5-11(6-2)10-17(8-4)13-9-14(18)16-12(7-3)15-13/h9,11H,5-8,10H2,1-4H3,(H,15,16,18). The summed E-state index contributed by atoms with van der Waals surface area (Å²) in [6.07, 6.45) is 3.08. The first-order chi connectivity index (χ1) is 8.64. The highest BCUT2D eigenvalue weighted by atomic mass is 16.1. The Kier molecular flexibility index (Phi) is 5.89. The van der Waals surface area contributed by atoms with E-state index in [1.165, 1.54) is 0 Å². The maximum atomic E-state index is 11.6. The van der Waals surface area contributed by atoms with Crippen LogP contribution >= 0.6 is 0 Å². The lowest BCUT2D eigenvalue weighted by Gasteiger charge is -2.26. The van der Waals surface area contributed by atoms with Crippen LogP contribution in [0.1, 0.15) is 46.4 Å². The molecule has 1 rings (SSSR count). The van der Waals surface area contributed by atoms with Crippen molar-refractivity contribution in [1.29, 1.82) is 0 Å². The third kappa shape index (κ3) is 3.86. The number of nitrogens with zero attached hydrogens (tertiary/aromatic N) is 2. The molecule has 1 heterocycles. The SMILES string of the molecule is CCc1nc(N(CC)CC(CC)CC)cc(=O)[nH]1. The van der Waals surface area contributed by atoms with Gasteiger partial charge in [0.05, 0.1) is 0 Å². The van der Waals surface area contributed by atoms with Crippen LogP contribution in [0.2, 0.25) is 0 Å². The van der Waals surface area contributed by atoms with Gasteiger partial charge >= 0.3 is 0 Å². The van der Waals surface area contributed by atoms with E-state index in [2.05, 4.69) is 35.6 Å². The second-order valence-electron chi connectivity index (χ2n) is 4.62. The van der Waals surface area contributed by atoms with Crippen molar-refractivity contribution >= 4 is 5.82 Å². The Morgan fingerprint density at radius 1 is 1.28 bits per heavy atom. The molecule has 0 aromatic carbocycles. The third-order valence-corrected chi connectivity index (χ3v) is 3.45. The summed E-state index contributed by atoms with van der Waals surface area (Å²) in [6, 6.07) is 1.60. The first-order valence-corrected chi connectivity index (χ1v) is 6.99. The molecule has 1 N–H and O–H groups in total. The minimum absolute atomic E-state index is 0.0557. The van der Waals surface area contributed by atoms with E-state index < -0.39 is 0 Å². The highest BCUT2D eigenvalue weighted by molar-refractivity contribution is 5.37. The molecule has 4 heteroatoms. The van der Waals surface area contributed by atoms with Crippen LogP contribution in [0.4, 0.5) is 5.82 Å². The van der Waals surface area contributed by atoms with Crippen LogP contribution in [-0.4, -0.2) is 23.1 Å². The van der Waals surface area contributed by atoms with E-state index in [0.717, 1.165) is 44.0 Å². The Labute approximate surface area is 109 Å². The van der Waals surface area contributed by atoms with E-state index in [4.69, 9.17) is 0 Å². The Morgan fingerprint density at radius 2 is 1.94 bits per heavy atom. The molecular formula is C14H25N3O. The van der Waals surface area contributed by atoms with Crippen molar-refractivity contribution in [2.45, 2.75) is 47.0 Å². The van der Waals surface area contributed by atoms with E-state index in [-0.39, 0.29) is 5.56 Å². The lowest BCUT2D eigenvalue weighted by atomic mass is 10.0. The zero-order chi connectivity index (χ0) is 13.5. The number of hydrogen-bond donors (Lipinski definition) is 1. The van der Waals surface area contributed by atoms with Gasteiger partial charge in [-0.25, -0.2) is 4.98 Å². The van der Waals surface area contributed by atoms with Gasteiger partial charge in [0, 0.05) is 25.6 Å². The van der Waals surface area contributed by atoms with Gasteiger partial charge in [-0.3, -0.25) is 4.79 Å². The quantitative estimate of drug-likeness (QED) is 0.810. The van der Waals surface area contributed by atoms with Gasteiger partial charge in [0.2, 0.25) is 0 Å². The molecule has 0 saturated heterocycles. The van der Waals surface area contributed by atoms with Gasteiger partial charge in [0.25, 0.3) is 5.56 Å². The number of aryl methyl sites for hydroxylation is 1. The maximum Gasteiger partial charge on any atom is 0.252 e. The second-order valence-corrected chi connectivity index (χ2v) is 4.62. The summed E-state index contributed by atoms with van der Waals surface area (Å²) in [5.41, 5.74) is -0.0557. The number of aromatic nitrogens is 2. The number of nitrogens with one attached hydrogen (secondary N) is 1. The zero-order valence-corrected chi connectivity index (χ0v) is 12.0. The average molecular weight is 251 g/mol. The molecule has 0 atom stereocenters. The van der Waals surface area contributed by atoms with Crippen LogP contribution in [-0.2, 0) is 6.42 Å². The third-order valence-electron chi connectivity index (χ3n) is 3.45. The largest absolute Gasteiger partial charge is 0.356 e. The summed E-state index contributed by atoms with van der Waals surface area (Å²) in [6.45, 7) is 10.4. The topological polar surface area (TPSA) is 49.0 Å². The van der Waals surface area contributed by atoms with Crippen LogP contribution in [0.15, 0.2) is 10.9 Å². The van der Waals surface area contributed by atoms with E-state index in [1.54, 1.807) is 6.07 Å². The van der Waals surface area contributed by atoms with Gasteiger partial charge in [0.1, 0.15) is 11.6 Å². The molecule has 102 valence electrons. The number of rotatable bonds is 7. The Balaban J connectivity index is 2.93. The summed E-state index contributed by atoms with van der Waals surface area (Å²) < 4.78 is 0. The van der Waals surface area contributed by atoms with Crippen molar-refractivity contribution in [3.63, 3.8) is 0 Å². The Hall–Kier alpha value is -1.32. The summed E-state index contributed by atoms with van der Waals surface area (Å²) in [7, 11) is 0. The molecule has 0 fully saturated rings. The average Bonchev–Trinajstić information content (AvgIpc) is 2.39. The molecule has 0 radical (unpaired) electrons. The van der Waals surface area contributed by atoms with Crippen LogP contribution in [0.25, 0.3) is 0 Å². The van der Waals surface area contributed by atoms with Crippen LogP contribution in [0.3, 0.4) is 0 Å². The van der Waals surface area contributed by atoms with Gasteiger partial charge in [-0.15, -0.1) is 0 Å². The summed E-state index contributed by atoms with van der Waals surface area (Å²) in [5.74, 6) is 2.24. The smallest absolute Gasteiger partial charge is 0.252 e. The zero-order valence-electron chi connectivity index (χ0n) is 12.0. The van der Waals surface area contributed by atoms with E-state index >= 15 is 0 Å². The van der Waals surface area contributed by atoms with Gasteiger partial charge in [0.15, 0.2) is 0 Å². The highest BCUT2D eigenvalue weighted by Crippen LogP contribution is 2.15. The molecule has 0 saturated carbocycles. The molecule has 0 aliphatic heterocycles. The summed E-state index contributed by atoms with van der Waals surface area (Å²) >= 11 is 0. The van der Waals surface area contributed by atoms with Gasteiger partial charge in [-0.1, -0.05) is 33.6 Å². The normalized spacial score (nSPS) is 10.9. The van der Waals surface area contributed by atoms with Gasteiger partial charge in [-0.2, -0.15) is 0 Å².